The van der Waals surface area contributed by atoms with E-state index in [1.807, 2.05) is 0 Å². The van der Waals surface area contributed by atoms with Crippen molar-refractivity contribution in [1.82, 2.24) is 10.6 Å². The Bertz CT molecular complexity index is 439. The maximum atomic E-state index is 11.8. The Balaban J connectivity index is 1.69. The highest BCUT2D eigenvalue weighted by molar-refractivity contribution is 5.90. The van der Waals surface area contributed by atoms with Crippen molar-refractivity contribution in [2.45, 2.75) is 64.5 Å². The van der Waals surface area contributed by atoms with Crippen LogP contribution in [-0.4, -0.2) is 36.5 Å². The number of carbonyl (C=O) groups excluding carboxylic acids is 2. The first-order valence-electron chi connectivity index (χ1n) is 7.88. The van der Waals surface area contributed by atoms with Crippen LogP contribution in [0.4, 0.5) is 4.79 Å². The molecule has 6 nitrogen and oxygen atoms in total. The number of ether oxygens (including phenoxy) is 2. The maximum Gasteiger partial charge on any atom is 0.333 e. The monoisotopic (exact) mass is 296 g/mol. The number of cyclic esters (lactones) is 1. The molecule has 0 bridgehead atoms. The maximum absolute atomic E-state index is 11.8. The van der Waals surface area contributed by atoms with E-state index in [2.05, 4.69) is 31.4 Å². The Kier molecular flexibility index (Phi) is 3.82. The van der Waals surface area contributed by atoms with Crippen molar-refractivity contribution in [2.24, 2.45) is 17.8 Å². The third kappa shape index (κ3) is 2.73. The van der Waals surface area contributed by atoms with Gasteiger partial charge < -0.3 is 20.1 Å². The fourth-order valence-electron chi connectivity index (χ4n) is 3.76. The lowest BCUT2D eigenvalue weighted by molar-refractivity contribution is -0.190. The van der Waals surface area contributed by atoms with Crippen molar-refractivity contribution in [1.29, 1.82) is 0 Å². The molecule has 2 saturated heterocycles. The molecule has 2 heterocycles. The van der Waals surface area contributed by atoms with Crippen molar-refractivity contribution >= 4 is 12.0 Å². The molecule has 118 valence electrons. The second-order valence-corrected chi connectivity index (χ2v) is 6.93. The van der Waals surface area contributed by atoms with Gasteiger partial charge in [0.05, 0.1) is 6.10 Å². The van der Waals surface area contributed by atoms with Crippen molar-refractivity contribution in [3.63, 3.8) is 0 Å². The molecule has 6 heteroatoms. The second-order valence-electron chi connectivity index (χ2n) is 6.93. The summed E-state index contributed by atoms with van der Waals surface area (Å²) in [5, 5.41) is 5.29. The molecule has 2 N–H and O–H groups in total. The van der Waals surface area contributed by atoms with Crippen molar-refractivity contribution in [3.8, 4) is 0 Å². The molecular weight excluding hydrogens is 272 g/mol. The van der Waals surface area contributed by atoms with Gasteiger partial charge in [0, 0.05) is 0 Å². The van der Waals surface area contributed by atoms with Gasteiger partial charge in [-0.05, 0) is 30.6 Å². The Morgan fingerprint density at radius 3 is 2.71 bits per heavy atom. The SMILES string of the molecule is CC(C)C1CC[C@@H](C)CC1OC1OC(=O)C2NC(=O)NC12. The fourth-order valence-corrected chi connectivity index (χ4v) is 3.76. The number of carbonyl (C=O) groups is 2. The van der Waals surface area contributed by atoms with E-state index >= 15 is 0 Å². The van der Waals surface area contributed by atoms with E-state index in [0.29, 0.717) is 17.8 Å². The van der Waals surface area contributed by atoms with Gasteiger partial charge in [-0.15, -0.1) is 0 Å². The van der Waals surface area contributed by atoms with E-state index in [-0.39, 0.29) is 12.1 Å². The summed E-state index contributed by atoms with van der Waals surface area (Å²) in [6, 6.07) is -1.34. The van der Waals surface area contributed by atoms with Gasteiger partial charge in [-0.3, -0.25) is 0 Å². The third-order valence-corrected chi connectivity index (χ3v) is 4.99. The molecule has 3 aliphatic rings. The Morgan fingerprint density at radius 2 is 2.00 bits per heavy atom. The molecule has 0 aromatic carbocycles. The van der Waals surface area contributed by atoms with Crippen molar-refractivity contribution in [3.05, 3.63) is 0 Å². The molecule has 2 amide bonds. The number of hydrogen-bond donors (Lipinski definition) is 2. The summed E-state index contributed by atoms with van der Waals surface area (Å²) < 4.78 is 11.4. The predicted molar refractivity (Wildman–Crippen MR) is 75.3 cm³/mol. The number of rotatable bonds is 3. The highest BCUT2D eigenvalue weighted by atomic mass is 16.7. The number of nitrogens with one attached hydrogen (secondary N) is 2. The molecule has 21 heavy (non-hydrogen) atoms. The zero-order valence-electron chi connectivity index (χ0n) is 12.8. The van der Waals surface area contributed by atoms with Crippen LogP contribution in [0.3, 0.4) is 0 Å². The minimum Gasteiger partial charge on any atom is -0.432 e. The summed E-state index contributed by atoms with van der Waals surface area (Å²) in [4.78, 5) is 23.2. The van der Waals surface area contributed by atoms with Gasteiger partial charge in [0.2, 0.25) is 6.29 Å². The van der Waals surface area contributed by atoms with E-state index in [9.17, 15) is 9.59 Å². The number of amides is 2. The van der Waals surface area contributed by atoms with Crippen molar-refractivity contribution in [2.75, 3.05) is 0 Å². The lowest BCUT2D eigenvalue weighted by Crippen LogP contribution is -2.44. The van der Waals surface area contributed by atoms with Gasteiger partial charge in [0.15, 0.2) is 6.04 Å². The minimum atomic E-state index is -0.669. The average Bonchev–Trinajstić information content (AvgIpc) is 2.90. The number of esters is 1. The number of fused-ring (bicyclic) bond motifs is 1. The van der Waals surface area contributed by atoms with Gasteiger partial charge in [-0.25, -0.2) is 9.59 Å². The van der Waals surface area contributed by atoms with Crippen LogP contribution in [0.15, 0.2) is 0 Å². The summed E-state index contributed by atoms with van der Waals surface area (Å²) in [6.45, 7) is 6.65. The lowest BCUT2D eigenvalue weighted by atomic mass is 9.75. The van der Waals surface area contributed by atoms with E-state index in [1.165, 1.54) is 6.42 Å². The van der Waals surface area contributed by atoms with Crippen LogP contribution in [0.1, 0.15) is 40.0 Å². The molecule has 6 atom stereocenters. The molecular formula is C15H24N2O4. The van der Waals surface area contributed by atoms with E-state index in [0.717, 1.165) is 12.8 Å². The zero-order valence-corrected chi connectivity index (χ0v) is 12.8. The molecule has 2 aliphatic heterocycles. The molecule has 0 spiro atoms. The number of hydrogen-bond acceptors (Lipinski definition) is 4. The molecule has 0 aromatic rings. The summed E-state index contributed by atoms with van der Waals surface area (Å²) in [5.74, 6) is 1.22. The lowest BCUT2D eigenvalue weighted by Gasteiger charge is -2.38. The molecule has 1 aliphatic carbocycles. The Hall–Kier alpha value is -1.30. The predicted octanol–water partition coefficient (Wildman–Crippen LogP) is 1.40. The molecule has 3 fully saturated rings. The molecule has 0 aromatic heterocycles. The van der Waals surface area contributed by atoms with E-state index in [4.69, 9.17) is 9.47 Å². The minimum absolute atomic E-state index is 0.0859. The number of urea groups is 1. The molecule has 0 radical (unpaired) electrons. The molecule has 1 saturated carbocycles. The Morgan fingerprint density at radius 1 is 1.24 bits per heavy atom. The van der Waals surface area contributed by atoms with Gasteiger partial charge in [0.25, 0.3) is 0 Å². The van der Waals surface area contributed by atoms with Crippen LogP contribution in [-0.2, 0) is 14.3 Å². The highest BCUT2D eigenvalue weighted by Crippen LogP contribution is 2.37. The van der Waals surface area contributed by atoms with Gasteiger partial charge in [-0.1, -0.05) is 27.2 Å². The normalized spacial score (nSPS) is 42.5. The summed E-state index contributed by atoms with van der Waals surface area (Å²) in [7, 11) is 0. The van der Waals surface area contributed by atoms with Gasteiger partial charge in [-0.2, -0.15) is 0 Å². The fraction of sp³-hybridized carbons (Fsp3) is 0.867. The van der Waals surface area contributed by atoms with Crippen LogP contribution in [0.25, 0.3) is 0 Å². The smallest absolute Gasteiger partial charge is 0.333 e. The van der Waals surface area contributed by atoms with Crippen LogP contribution < -0.4 is 10.6 Å². The highest BCUT2D eigenvalue weighted by Gasteiger charge is 2.52. The third-order valence-electron chi connectivity index (χ3n) is 4.99. The topological polar surface area (TPSA) is 76.7 Å². The van der Waals surface area contributed by atoms with Gasteiger partial charge >= 0.3 is 12.0 Å². The van der Waals surface area contributed by atoms with Crippen LogP contribution in [0.5, 0.6) is 0 Å². The summed E-state index contributed by atoms with van der Waals surface area (Å²) in [6.07, 6.45) is 2.76. The van der Waals surface area contributed by atoms with E-state index < -0.39 is 24.3 Å². The summed E-state index contributed by atoms with van der Waals surface area (Å²) in [5.41, 5.74) is 0. The van der Waals surface area contributed by atoms with Gasteiger partial charge in [0.1, 0.15) is 6.04 Å². The Labute approximate surface area is 124 Å². The second kappa shape index (κ2) is 5.48. The van der Waals surface area contributed by atoms with E-state index in [1.54, 1.807) is 0 Å². The first kappa shape index (κ1) is 14.6. The molecule has 3 rings (SSSR count). The van der Waals surface area contributed by atoms with Crippen LogP contribution in [0, 0.1) is 17.8 Å². The first-order chi connectivity index (χ1) is 9.95. The van der Waals surface area contributed by atoms with Crippen LogP contribution >= 0.6 is 0 Å². The quantitative estimate of drug-likeness (QED) is 0.772. The van der Waals surface area contributed by atoms with Crippen LogP contribution in [0.2, 0.25) is 0 Å². The average molecular weight is 296 g/mol. The zero-order chi connectivity index (χ0) is 15.1. The standard InChI is InChI=1S/C15H24N2O4/c1-7(2)9-5-4-8(3)6-10(9)20-14-12-11(13(18)21-14)16-15(19)17-12/h7-12,14H,4-6H2,1-3H3,(H2,16,17,19)/t8-,9?,10?,11?,12?,14?/m1/s1. The summed E-state index contributed by atoms with van der Waals surface area (Å²) >= 11 is 0. The first-order valence-corrected chi connectivity index (χ1v) is 7.88. The molecule has 5 unspecified atom stereocenters. The van der Waals surface area contributed by atoms with Crippen molar-refractivity contribution < 1.29 is 19.1 Å². The largest absolute Gasteiger partial charge is 0.432 e.